The van der Waals surface area contributed by atoms with Crippen LogP contribution in [0.3, 0.4) is 0 Å². The van der Waals surface area contributed by atoms with E-state index in [0.29, 0.717) is 5.56 Å². The SMILES string of the molecule is CN1CCN(Cc2ccc(C(=O)NN)cc2)CC1(C)C. The third kappa shape index (κ3) is 3.36. The number of nitrogens with two attached hydrogens (primary N) is 1. The van der Waals surface area contributed by atoms with E-state index >= 15 is 0 Å². The van der Waals surface area contributed by atoms with E-state index in [4.69, 9.17) is 5.84 Å². The lowest BCUT2D eigenvalue weighted by Crippen LogP contribution is -2.57. The largest absolute Gasteiger partial charge is 0.299 e. The Morgan fingerprint density at radius 1 is 1.30 bits per heavy atom. The fraction of sp³-hybridized carbons (Fsp3) is 0.533. The van der Waals surface area contributed by atoms with Crippen LogP contribution in [0.4, 0.5) is 0 Å². The van der Waals surface area contributed by atoms with Gasteiger partial charge in [-0.2, -0.15) is 0 Å². The zero-order valence-corrected chi connectivity index (χ0v) is 12.5. The molecule has 2 rings (SSSR count). The van der Waals surface area contributed by atoms with Gasteiger partial charge in [0.25, 0.3) is 5.91 Å². The number of piperazine rings is 1. The van der Waals surface area contributed by atoms with Crippen molar-refractivity contribution in [2.75, 3.05) is 26.7 Å². The van der Waals surface area contributed by atoms with Crippen LogP contribution in [0.5, 0.6) is 0 Å². The number of nitrogens with zero attached hydrogens (tertiary/aromatic N) is 2. The maximum Gasteiger partial charge on any atom is 0.265 e. The molecule has 1 aliphatic rings. The van der Waals surface area contributed by atoms with Crippen molar-refractivity contribution in [2.24, 2.45) is 5.84 Å². The highest BCUT2D eigenvalue weighted by Gasteiger charge is 2.30. The summed E-state index contributed by atoms with van der Waals surface area (Å²) < 4.78 is 0. The lowest BCUT2D eigenvalue weighted by Gasteiger charge is -2.45. The standard InChI is InChI=1S/C15H24N4O/c1-15(2)11-19(9-8-18(15)3)10-12-4-6-13(7-5-12)14(20)17-16/h4-7H,8-11,16H2,1-3H3,(H,17,20). The molecule has 1 aromatic carbocycles. The monoisotopic (exact) mass is 276 g/mol. The summed E-state index contributed by atoms with van der Waals surface area (Å²) in [5, 5.41) is 0. The Labute approximate surface area is 120 Å². The van der Waals surface area contributed by atoms with Crippen molar-refractivity contribution >= 4 is 5.91 Å². The Morgan fingerprint density at radius 2 is 1.95 bits per heavy atom. The second-order valence-corrected chi connectivity index (χ2v) is 6.12. The molecule has 0 radical (unpaired) electrons. The van der Waals surface area contributed by atoms with Gasteiger partial charge >= 0.3 is 0 Å². The maximum atomic E-state index is 11.4. The molecule has 1 amide bonds. The third-order valence-electron chi connectivity index (χ3n) is 4.15. The van der Waals surface area contributed by atoms with Gasteiger partial charge in [0.1, 0.15) is 0 Å². The molecule has 5 heteroatoms. The Kier molecular flexibility index (Phi) is 4.42. The first kappa shape index (κ1) is 15.0. The number of hydrogen-bond donors (Lipinski definition) is 2. The van der Waals surface area contributed by atoms with Gasteiger partial charge in [0, 0.05) is 37.3 Å². The van der Waals surface area contributed by atoms with Crippen LogP contribution >= 0.6 is 0 Å². The number of carbonyl (C=O) groups is 1. The second-order valence-electron chi connectivity index (χ2n) is 6.12. The molecule has 0 spiro atoms. The first-order valence-electron chi connectivity index (χ1n) is 6.96. The smallest absolute Gasteiger partial charge is 0.265 e. The summed E-state index contributed by atoms with van der Waals surface area (Å²) >= 11 is 0. The quantitative estimate of drug-likeness (QED) is 0.487. The Balaban J connectivity index is 1.99. The van der Waals surface area contributed by atoms with Gasteiger partial charge in [-0.15, -0.1) is 0 Å². The van der Waals surface area contributed by atoms with Gasteiger partial charge in [-0.05, 0) is 38.6 Å². The van der Waals surface area contributed by atoms with Gasteiger partial charge in [-0.3, -0.25) is 20.0 Å². The van der Waals surface area contributed by atoms with E-state index in [-0.39, 0.29) is 11.4 Å². The minimum atomic E-state index is -0.253. The fourth-order valence-electron chi connectivity index (χ4n) is 2.58. The molecule has 0 aromatic heterocycles. The second kappa shape index (κ2) is 5.91. The molecule has 1 saturated heterocycles. The topological polar surface area (TPSA) is 61.6 Å². The molecule has 3 N–H and O–H groups in total. The van der Waals surface area contributed by atoms with Gasteiger partial charge in [-0.25, -0.2) is 5.84 Å². The maximum absolute atomic E-state index is 11.4. The summed E-state index contributed by atoms with van der Waals surface area (Å²) in [5.41, 5.74) is 4.16. The number of carbonyl (C=O) groups excluding carboxylic acids is 1. The first-order chi connectivity index (χ1) is 9.42. The van der Waals surface area contributed by atoms with E-state index in [0.717, 1.165) is 26.2 Å². The molecular formula is C15H24N4O. The molecule has 0 atom stereocenters. The van der Waals surface area contributed by atoms with Crippen LogP contribution in [0.2, 0.25) is 0 Å². The number of benzene rings is 1. The molecule has 1 fully saturated rings. The van der Waals surface area contributed by atoms with Gasteiger partial charge in [0.2, 0.25) is 0 Å². The van der Waals surface area contributed by atoms with Crippen LogP contribution in [0.15, 0.2) is 24.3 Å². The summed E-state index contributed by atoms with van der Waals surface area (Å²) in [6.45, 7) is 8.67. The first-order valence-corrected chi connectivity index (χ1v) is 6.96. The van der Waals surface area contributed by atoms with E-state index in [1.165, 1.54) is 5.56 Å². The van der Waals surface area contributed by atoms with Crippen LogP contribution < -0.4 is 11.3 Å². The molecule has 110 valence electrons. The van der Waals surface area contributed by atoms with Crippen LogP contribution in [-0.2, 0) is 6.54 Å². The average molecular weight is 276 g/mol. The van der Waals surface area contributed by atoms with Crippen LogP contribution in [0.25, 0.3) is 0 Å². The van der Waals surface area contributed by atoms with Crippen LogP contribution in [0, 0.1) is 0 Å². The molecule has 0 bridgehead atoms. The third-order valence-corrected chi connectivity index (χ3v) is 4.15. The number of rotatable bonds is 3. The fourth-order valence-corrected chi connectivity index (χ4v) is 2.58. The molecule has 5 nitrogen and oxygen atoms in total. The molecule has 1 aliphatic heterocycles. The zero-order valence-electron chi connectivity index (χ0n) is 12.5. The van der Waals surface area contributed by atoms with Gasteiger partial charge in [0.15, 0.2) is 0 Å². The van der Waals surface area contributed by atoms with Gasteiger partial charge in [-0.1, -0.05) is 12.1 Å². The highest BCUT2D eigenvalue weighted by molar-refractivity contribution is 5.93. The number of likely N-dealkylation sites (N-methyl/N-ethyl adjacent to an activating group) is 1. The summed E-state index contributed by atoms with van der Waals surface area (Å²) in [7, 11) is 2.18. The minimum absolute atomic E-state index is 0.206. The Morgan fingerprint density at radius 3 is 2.50 bits per heavy atom. The lowest BCUT2D eigenvalue weighted by atomic mass is 9.99. The van der Waals surface area contributed by atoms with E-state index in [2.05, 4.69) is 36.1 Å². The van der Waals surface area contributed by atoms with Crippen LogP contribution in [0.1, 0.15) is 29.8 Å². The summed E-state index contributed by atoms with van der Waals surface area (Å²) in [5.74, 6) is 4.87. The predicted octanol–water partition coefficient (Wildman–Crippen LogP) is 0.816. The normalized spacial score (nSPS) is 19.8. The van der Waals surface area contributed by atoms with E-state index < -0.39 is 0 Å². The molecule has 0 saturated carbocycles. The number of amides is 1. The van der Waals surface area contributed by atoms with Crippen molar-refractivity contribution in [2.45, 2.75) is 25.9 Å². The molecule has 20 heavy (non-hydrogen) atoms. The van der Waals surface area contributed by atoms with E-state index in [9.17, 15) is 4.79 Å². The van der Waals surface area contributed by atoms with Gasteiger partial charge in [0.05, 0.1) is 0 Å². The minimum Gasteiger partial charge on any atom is -0.299 e. The lowest BCUT2D eigenvalue weighted by molar-refractivity contribution is 0.0360. The highest BCUT2D eigenvalue weighted by Crippen LogP contribution is 2.20. The van der Waals surface area contributed by atoms with Crippen molar-refractivity contribution in [1.29, 1.82) is 0 Å². The Bertz CT molecular complexity index is 469. The van der Waals surface area contributed by atoms with Crippen molar-refractivity contribution < 1.29 is 4.79 Å². The Hall–Kier alpha value is -1.43. The van der Waals surface area contributed by atoms with Crippen molar-refractivity contribution in [3.63, 3.8) is 0 Å². The number of nitrogens with one attached hydrogen (secondary N) is 1. The van der Waals surface area contributed by atoms with Crippen LogP contribution in [-0.4, -0.2) is 47.9 Å². The molecule has 0 unspecified atom stereocenters. The number of hydrazine groups is 1. The van der Waals surface area contributed by atoms with E-state index in [1.54, 1.807) is 0 Å². The van der Waals surface area contributed by atoms with Crippen molar-refractivity contribution in [1.82, 2.24) is 15.2 Å². The van der Waals surface area contributed by atoms with Crippen molar-refractivity contribution in [3.8, 4) is 0 Å². The number of nitrogen functional groups attached to an aromatic ring is 1. The molecular weight excluding hydrogens is 252 g/mol. The number of hydrogen-bond acceptors (Lipinski definition) is 4. The summed E-state index contributed by atoms with van der Waals surface area (Å²) in [6.07, 6.45) is 0. The highest BCUT2D eigenvalue weighted by atomic mass is 16.2. The molecule has 1 aromatic rings. The average Bonchev–Trinajstić information content (AvgIpc) is 2.42. The molecule has 1 heterocycles. The molecule has 0 aliphatic carbocycles. The van der Waals surface area contributed by atoms with Gasteiger partial charge < -0.3 is 0 Å². The predicted molar refractivity (Wildman–Crippen MR) is 80.1 cm³/mol. The van der Waals surface area contributed by atoms with E-state index in [1.807, 2.05) is 24.3 Å². The zero-order chi connectivity index (χ0) is 14.8. The summed E-state index contributed by atoms with van der Waals surface area (Å²) in [4.78, 5) is 16.2. The van der Waals surface area contributed by atoms with Crippen molar-refractivity contribution in [3.05, 3.63) is 35.4 Å². The summed E-state index contributed by atoms with van der Waals surface area (Å²) in [6, 6.07) is 7.63.